The molecule has 4 aromatic carbocycles. The molecular formula is C42H46N2O4. The van der Waals surface area contributed by atoms with Gasteiger partial charge in [-0.3, -0.25) is 19.2 Å². The maximum absolute atomic E-state index is 13.9. The normalized spacial score (nSPS) is 12.0. The first-order valence-electron chi connectivity index (χ1n) is 17.6. The molecule has 6 nitrogen and oxygen atoms in total. The van der Waals surface area contributed by atoms with Crippen molar-refractivity contribution in [2.24, 2.45) is 0 Å². The van der Waals surface area contributed by atoms with E-state index in [-0.39, 0.29) is 57.0 Å². The van der Waals surface area contributed by atoms with Crippen LogP contribution in [0, 0.1) is 0 Å². The SMILES string of the molecule is CCCCCCCc1ccc(C(=O)Nc2cccc3c2C(=O)c2cccc(NC(=O)c4ccc(CCCCCCC)cc4)c2C3=O)cc1. The zero-order valence-corrected chi connectivity index (χ0v) is 28.2. The highest BCUT2D eigenvalue weighted by Gasteiger charge is 2.34. The van der Waals surface area contributed by atoms with E-state index >= 15 is 0 Å². The van der Waals surface area contributed by atoms with Gasteiger partial charge in [-0.05, 0) is 73.2 Å². The average Bonchev–Trinajstić information content (AvgIpc) is 3.11. The lowest BCUT2D eigenvalue weighted by atomic mass is 9.82. The van der Waals surface area contributed by atoms with Gasteiger partial charge in [-0.1, -0.05) is 114 Å². The Kier molecular flexibility index (Phi) is 12.1. The van der Waals surface area contributed by atoms with Crippen LogP contribution in [0.4, 0.5) is 11.4 Å². The topological polar surface area (TPSA) is 92.3 Å². The van der Waals surface area contributed by atoms with Crippen LogP contribution in [0.1, 0.15) is 142 Å². The van der Waals surface area contributed by atoms with Crippen molar-refractivity contribution in [1.82, 2.24) is 0 Å². The van der Waals surface area contributed by atoms with E-state index in [0.717, 1.165) is 25.7 Å². The summed E-state index contributed by atoms with van der Waals surface area (Å²) in [6.07, 6.45) is 14.0. The van der Waals surface area contributed by atoms with E-state index < -0.39 is 0 Å². The molecule has 5 rings (SSSR count). The Morgan fingerprint density at radius 2 is 0.854 bits per heavy atom. The number of hydrogen-bond donors (Lipinski definition) is 2. The largest absolute Gasteiger partial charge is 0.321 e. The number of unbranched alkanes of at least 4 members (excludes halogenated alkanes) is 8. The van der Waals surface area contributed by atoms with E-state index in [2.05, 4.69) is 24.5 Å². The minimum Gasteiger partial charge on any atom is -0.321 e. The predicted molar refractivity (Wildman–Crippen MR) is 193 cm³/mol. The molecule has 0 saturated heterocycles. The molecule has 0 heterocycles. The summed E-state index contributed by atoms with van der Waals surface area (Å²) in [5.74, 6) is -1.47. The molecule has 0 atom stereocenters. The molecule has 0 unspecified atom stereocenters. The maximum atomic E-state index is 13.9. The van der Waals surface area contributed by atoms with Crippen LogP contribution in [-0.2, 0) is 12.8 Å². The van der Waals surface area contributed by atoms with Crippen molar-refractivity contribution >= 4 is 34.8 Å². The van der Waals surface area contributed by atoms with Gasteiger partial charge in [0, 0.05) is 22.3 Å². The molecule has 2 amide bonds. The van der Waals surface area contributed by atoms with Crippen molar-refractivity contribution in [3.63, 3.8) is 0 Å². The Morgan fingerprint density at radius 1 is 0.479 bits per heavy atom. The van der Waals surface area contributed by atoms with Gasteiger partial charge in [-0.25, -0.2) is 0 Å². The standard InChI is InChI=1S/C42H46N2O4/c1-3-5-7-9-11-15-29-21-25-31(26-22-29)41(47)43-35-19-13-17-33-37(35)39(45)34-18-14-20-36(38(34)40(33)46)44-42(48)32-27-23-30(24-28-32)16-12-10-8-6-4-2/h13-14,17-28H,3-12,15-16H2,1-2H3,(H,43,47)(H,44,48). The van der Waals surface area contributed by atoms with Crippen molar-refractivity contribution in [3.05, 3.63) is 129 Å². The number of benzene rings is 4. The summed E-state index contributed by atoms with van der Waals surface area (Å²) in [5, 5.41) is 5.73. The Labute approximate surface area is 284 Å². The Balaban J connectivity index is 1.27. The number of carbonyl (C=O) groups is 4. The third-order valence-corrected chi connectivity index (χ3v) is 9.14. The highest BCUT2D eigenvalue weighted by molar-refractivity contribution is 6.32. The molecular weight excluding hydrogens is 596 g/mol. The van der Waals surface area contributed by atoms with Gasteiger partial charge in [-0.15, -0.1) is 0 Å². The molecule has 2 N–H and O–H groups in total. The Bertz CT molecular complexity index is 1620. The molecule has 0 bridgehead atoms. The summed E-state index contributed by atoms with van der Waals surface area (Å²) in [6.45, 7) is 4.41. The van der Waals surface area contributed by atoms with E-state index in [1.165, 1.54) is 62.5 Å². The van der Waals surface area contributed by atoms with E-state index in [9.17, 15) is 19.2 Å². The van der Waals surface area contributed by atoms with E-state index in [1.807, 2.05) is 24.3 Å². The first-order chi connectivity index (χ1) is 23.4. The van der Waals surface area contributed by atoms with Gasteiger partial charge in [-0.2, -0.15) is 0 Å². The molecule has 4 aromatic rings. The number of rotatable bonds is 16. The highest BCUT2D eigenvalue weighted by Crippen LogP contribution is 2.36. The fourth-order valence-corrected chi connectivity index (χ4v) is 6.35. The first-order valence-corrected chi connectivity index (χ1v) is 17.6. The molecule has 1 aliphatic rings. The summed E-state index contributed by atoms with van der Waals surface area (Å²) in [6, 6.07) is 24.8. The monoisotopic (exact) mass is 642 g/mol. The Hall–Kier alpha value is -4.84. The fourth-order valence-electron chi connectivity index (χ4n) is 6.35. The number of ketones is 2. The molecule has 0 spiro atoms. The highest BCUT2D eigenvalue weighted by atomic mass is 16.2. The summed E-state index contributed by atoms with van der Waals surface area (Å²) >= 11 is 0. The lowest BCUT2D eigenvalue weighted by Gasteiger charge is -2.22. The van der Waals surface area contributed by atoms with Crippen LogP contribution >= 0.6 is 0 Å². The molecule has 248 valence electrons. The molecule has 0 aromatic heterocycles. The second-order valence-electron chi connectivity index (χ2n) is 12.7. The van der Waals surface area contributed by atoms with Crippen LogP contribution in [0.25, 0.3) is 0 Å². The summed E-state index contributed by atoms with van der Waals surface area (Å²) in [5.41, 5.74) is 4.56. The average molecular weight is 643 g/mol. The fraction of sp³-hybridized carbons (Fsp3) is 0.333. The molecule has 48 heavy (non-hydrogen) atoms. The zero-order chi connectivity index (χ0) is 33.9. The second kappa shape index (κ2) is 16.8. The number of hydrogen-bond acceptors (Lipinski definition) is 4. The van der Waals surface area contributed by atoms with Crippen LogP contribution in [0.15, 0.2) is 84.9 Å². The summed E-state index contributed by atoms with van der Waals surface area (Å²) in [4.78, 5) is 54.2. The first kappa shape index (κ1) is 34.5. The van der Waals surface area contributed by atoms with Crippen LogP contribution in [0.3, 0.4) is 0 Å². The van der Waals surface area contributed by atoms with Gasteiger partial charge in [0.1, 0.15) is 0 Å². The van der Waals surface area contributed by atoms with E-state index in [4.69, 9.17) is 0 Å². The maximum Gasteiger partial charge on any atom is 0.255 e. The molecule has 0 saturated carbocycles. The quantitative estimate of drug-likeness (QED) is 0.105. The van der Waals surface area contributed by atoms with Crippen molar-refractivity contribution in [1.29, 1.82) is 0 Å². The summed E-state index contributed by atoms with van der Waals surface area (Å²) < 4.78 is 0. The Morgan fingerprint density at radius 3 is 1.23 bits per heavy atom. The second-order valence-corrected chi connectivity index (χ2v) is 12.7. The third-order valence-electron chi connectivity index (χ3n) is 9.14. The number of fused-ring (bicyclic) bond motifs is 2. The van der Waals surface area contributed by atoms with Gasteiger partial charge in [0.2, 0.25) is 0 Å². The minimum absolute atomic E-state index is 0.154. The molecule has 0 aliphatic heterocycles. The van der Waals surface area contributed by atoms with Crippen molar-refractivity contribution in [2.45, 2.75) is 90.9 Å². The van der Waals surface area contributed by atoms with Crippen LogP contribution in [-0.4, -0.2) is 23.4 Å². The van der Waals surface area contributed by atoms with Crippen molar-refractivity contribution < 1.29 is 19.2 Å². The smallest absolute Gasteiger partial charge is 0.255 e. The van der Waals surface area contributed by atoms with E-state index in [1.54, 1.807) is 60.7 Å². The molecule has 1 aliphatic carbocycles. The lowest BCUT2D eigenvalue weighted by Crippen LogP contribution is -2.26. The number of aryl methyl sites for hydroxylation is 2. The van der Waals surface area contributed by atoms with Gasteiger partial charge in [0.15, 0.2) is 11.6 Å². The number of nitrogens with one attached hydrogen (secondary N) is 2. The number of anilines is 2. The van der Waals surface area contributed by atoms with Crippen LogP contribution < -0.4 is 10.6 Å². The lowest BCUT2D eigenvalue weighted by molar-refractivity contribution is 0.0977. The van der Waals surface area contributed by atoms with Crippen molar-refractivity contribution in [3.8, 4) is 0 Å². The van der Waals surface area contributed by atoms with Gasteiger partial charge >= 0.3 is 0 Å². The summed E-state index contributed by atoms with van der Waals surface area (Å²) in [7, 11) is 0. The number of amides is 2. The minimum atomic E-state index is -0.381. The van der Waals surface area contributed by atoms with Gasteiger partial charge in [0.25, 0.3) is 11.8 Å². The van der Waals surface area contributed by atoms with Gasteiger partial charge in [0.05, 0.1) is 22.5 Å². The number of carbonyl (C=O) groups excluding carboxylic acids is 4. The predicted octanol–water partition coefficient (Wildman–Crippen LogP) is 9.99. The van der Waals surface area contributed by atoms with Crippen LogP contribution in [0.5, 0.6) is 0 Å². The molecule has 0 radical (unpaired) electrons. The molecule has 6 heteroatoms. The molecule has 0 fully saturated rings. The van der Waals surface area contributed by atoms with E-state index in [0.29, 0.717) is 11.1 Å². The zero-order valence-electron chi connectivity index (χ0n) is 28.2. The third kappa shape index (κ3) is 8.35. The van der Waals surface area contributed by atoms with Crippen molar-refractivity contribution in [2.75, 3.05) is 10.6 Å². The van der Waals surface area contributed by atoms with Crippen LogP contribution in [0.2, 0.25) is 0 Å². The van der Waals surface area contributed by atoms with Gasteiger partial charge < -0.3 is 10.6 Å².